The first kappa shape index (κ1) is 12.1. The number of nitrogens with two attached hydrogens (primary N) is 1. The van der Waals surface area contributed by atoms with Gasteiger partial charge in [0.25, 0.3) is 0 Å². The second kappa shape index (κ2) is 7.36. The van der Waals surface area contributed by atoms with Gasteiger partial charge in [-0.05, 0) is 25.9 Å². The van der Waals surface area contributed by atoms with E-state index in [-0.39, 0.29) is 0 Å². The fourth-order valence-electron chi connectivity index (χ4n) is 1.30. The minimum atomic E-state index is 0.698. The van der Waals surface area contributed by atoms with E-state index in [0.29, 0.717) is 6.54 Å². The predicted molar refractivity (Wildman–Crippen MR) is 60.3 cm³/mol. The topological polar surface area (TPSA) is 68.8 Å². The average Bonchev–Trinajstić information content (AvgIpc) is 2.69. The van der Waals surface area contributed by atoms with Crippen molar-refractivity contribution in [1.82, 2.24) is 20.3 Å². The van der Waals surface area contributed by atoms with Gasteiger partial charge in [0.2, 0.25) is 0 Å². The molecule has 0 radical (unpaired) electrons. The van der Waals surface area contributed by atoms with Crippen LogP contribution in [0.1, 0.15) is 31.9 Å². The number of nitrogens with one attached hydrogen (secondary N) is 1. The highest BCUT2D eigenvalue weighted by molar-refractivity contribution is 4.91. The number of hydrogen-bond donors (Lipinski definition) is 2. The van der Waals surface area contributed by atoms with Gasteiger partial charge in [0.15, 0.2) is 0 Å². The number of unbranched alkanes of at least 4 members (excludes halogenated alkanes) is 1. The lowest BCUT2D eigenvalue weighted by Crippen LogP contribution is -2.14. The van der Waals surface area contributed by atoms with Crippen LogP contribution in [0.3, 0.4) is 0 Å². The molecule has 0 aromatic carbocycles. The summed E-state index contributed by atoms with van der Waals surface area (Å²) in [6.45, 7) is 5.60. The molecular weight excluding hydrogens is 190 g/mol. The molecule has 0 bridgehead atoms. The maximum absolute atomic E-state index is 5.42. The molecule has 0 atom stereocenters. The maximum atomic E-state index is 5.42. The van der Waals surface area contributed by atoms with Gasteiger partial charge >= 0.3 is 0 Å². The molecule has 0 amide bonds. The first-order chi connectivity index (χ1) is 7.36. The Kier molecular flexibility index (Phi) is 5.96. The number of hydrogen-bond acceptors (Lipinski definition) is 4. The highest BCUT2D eigenvalue weighted by Gasteiger charge is 1.99. The summed E-state index contributed by atoms with van der Waals surface area (Å²) in [5.41, 5.74) is 6.43. The molecule has 86 valence electrons. The standard InChI is InChI=1S/C10H21N5/c1-2-3-6-12-8-10-9-15(14-13-10)7-4-5-11/h9,12H,2-8,11H2,1H3. The molecule has 1 rings (SSSR count). The molecule has 0 unspecified atom stereocenters. The van der Waals surface area contributed by atoms with Crippen LogP contribution in [0.5, 0.6) is 0 Å². The van der Waals surface area contributed by atoms with Crippen molar-refractivity contribution in [3.8, 4) is 0 Å². The molecule has 1 heterocycles. The third-order valence-electron chi connectivity index (χ3n) is 2.19. The van der Waals surface area contributed by atoms with Crippen LogP contribution >= 0.6 is 0 Å². The Bertz CT molecular complexity index is 258. The van der Waals surface area contributed by atoms with E-state index < -0.39 is 0 Å². The summed E-state index contributed by atoms with van der Waals surface area (Å²) in [5.74, 6) is 0. The molecule has 0 saturated carbocycles. The summed E-state index contributed by atoms with van der Waals surface area (Å²) in [6, 6.07) is 0. The first-order valence-electron chi connectivity index (χ1n) is 5.66. The molecular formula is C10H21N5. The molecule has 3 N–H and O–H groups in total. The van der Waals surface area contributed by atoms with E-state index in [4.69, 9.17) is 5.73 Å². The minimum Gasteiger partial charge on any atom is -0.330 e. The molecule has 5 heteroatoms. The normalized spacial score (nSPS) is 10.8. The van der Waals surface area contributed by atoms with Crippen molar-refractivity contribution in [2.75, 3.05) is 13.1 Å². The van der Waals surface area contributed by atoms with Crippen molar-refractivity contribution in [2.24, 2.45) is 5.73 Å². The second-order valence-corrected chi connectivity index (χ2v) is 3.65. The van der Waals surface area contributed by atoms with Gasteiger partial charge in [0.1, 0.15) is 0 Å². The van der Waals surface area contributed by atoms with Crippen molar-refractivity contribution in [3.63, 3.8) is 0 Å². The van der Waals surface area contributed by atoms with Crippen molar-refractivity contribution < 1.29 is 0 Å². The van der Waals surface area contributed by atoms with Gasteiger partial charge in [-0.2, -0.15) is 0 Å². The average molecular weight is 211 g/mol. The molecule has 0 saturated heterocycles. The Labute approximate surface area is 91.0 Å². The lowest BCUT2D eigenvalue weighted by atomic mass is 10.3. The summed E-state index contributed by atoms with van der Waals surface area (Å²) in [6.07, 6.45) is 5.36. The fraction of sp³-hybridized carbons (Fsp3) is 0.800. The largest absolute Gasteiger partial charge is 0.330 e. The number of aromatic nitrogens is 3. The van der Waals surface area contributed by atoms with E-state index >= 15 is 0 Å². The molecule has 0 aliphatic rings. The van der Waals surface area contributed by atoms with Gasteiger partial charge in [-0.1, -0.05) is 18.6 Å². The smallest absolute Gasteiger partial charge is 0.0964 e. The Balaban J connectivity index is 2.20. The van der Waals surface area contributed by atoms with E-state index in [9.17, 15) is 0 Å². The summed E-state index contributed by atoms with van der Waals surface area (Å²) in [5, 5.41) is 11.4. The third kappa shape index (κ3) is 4.90. The van der Waals surface area contributed by atoms with E-state index in [2.05, 4.69) is 22.6 Å². The maximum Gasteiger partial charge on any atom is 0.0964 e. The van der Waals surface area contributed by atoms with Gasteiger partial charge < -0.3 is 11.1 Å². The Morgan fingerprint density at radius 2 is 2.33 bits per heavy atom. The van der Waals surface area contributed by atoms with E-state index in [1.165, 1.54) is 12.8 Å². The Morgan fingerprint density at radius 3 is 3.07 bits per heavy atom. The third-order valence-corrected chi connectivity index (χ3v) is 2.19. The highest BCUT2D eigenvalue weighted by Crippen LogP contribution is 1.94. The number of rotatable bonds is 8. The summed E-state index contributed by atoms with van der Waals surface area (Å²) in [4.78, 5) is 0. The van der Waals surface area contributed by atoms with Crippen molar-refractivity contribution in [1.29, 1.82) is 0 Å². The summed E-state index contributed by atoms with van der Waals surface area (Å²) in [7, 11) is 0. The monoisotopic (exact) mass is 211 g/mol. The van der Waals surface area contributed by atoms with Crippen LogP contribution in [0.15, 0.2) is 6.20 Å². The van der Waals surface area contributed by atoms with Gasteiger partial charge in [0.05, 0.1) is 5.69 Å². The zero-order valence-corrected chi connectivity index (χ0v) is 9.45. The van der Waals surface area contributed by atoms with Crippen molar-refractivity contribution in [3.05, 3.63) is 11.9 Å². The van der Waals surface area contributed by atoms with Crippen LogP contribution in [0, 0.1) is 0 Å². The molecule has 5 nitrogen and oxygen atoms in total. The van der Waals surface area contributed by atoms with Gasteiger partial charge in [-0.25, -0.2) is 0 Å². The second-order valence-electron chi connectivity index (χ2n) is 3.65. The van der Waals surface area contributed by atoms with Crippen LogP contribution in [-0.4, -0.2) is 28.1 Å². The molecule has 0 spiro atoms. The Hall–Kier alpha value is -0.940. The van der Waals surface area contributed by atoms with Crippen LogP contribution in [0.25, 0.3) is 0 Å². The molecule has 0 aliphatic heterocycles. The van der Waals surface area contributed by atoms with Crippen molar-refractivity contribution >= 4 is 0 Å². The Morgan fingerprint density at radius 1 is 1.47 bits per heavy atom. The van der Waals surface area contributed by atoms with Crippen LogP contribution < -0.4 is 11.1 Å². The minimum absolute atomic E-state index is 0.698. The van der Waals surface area contributed by atoms with Gasteiger partial charge in [-0.15, -0.1) is 5.10 Å². The zero-order chi connectivity index (χ0) is 10.9. The van der Waals surface area contributed by atoms with Crippen LogP contribution in [-0.2, 0) is 13.1 Å². The summed E-state index contributed by atoms with van der Waals surface area (Å²) >= 11 is 0. The van der Waals surface area contributed by atoms with E-state index in [1.54, 1.807) is 0 Å². The van der Waals surface area contributed by atoms with Crippen molar-refractivity contribution in [2.45, 2.75) is 39.3 Å². The highest BCUT2D eigenvalue weighted by atomic mass is 15.4. The quantitative estimate of drug-likeness (QED) is 0.615. The molecule has 0 fully saturated rings. The SMILES string of the molecule is CCCCNCc1cn(CCCN)nn1. The van der Waals surface area contributed by atoms with E-state index in [1.807, 2.05) is 10.9 Å². The van der Waals surface area contributed by atoms with Crippen LogP contribution in [0.4, 0.5) is 0 Å². The lowest BCUT2D eigenvalue weighted by Gasteiger charge is -1.99. The number of aryl methyl sites for hydroxylation is 1. The lowest BCUT2D eigenvalue weighted by molar-refractivity contribution is 0.564. The molecule has 1 aromatic heterocycles. The molecule has 0 aliphatic carbocycles. The number of nitrogens with zero attached hydrogens (tertiary/aromatic N) is 3. The summed E-state index contributed by atoms with van der Waals surface area (Å²) < 4.78 is 1.85. The zero-order valence-electron chi connectivity index (χ0n) is 9.45. The van der Waals surface area contributed by atoms with Gasteiger partial charge in [-0.3, -0.25) is 4.68 Å². The van der Waals surface area contributed by atoms with E-state index in [0.717, 1.165) is 31.7 Å². The predicted octanol–water partition coefficient (Wildman–Crippen LogP) is 0.517. The fourth-order valence-corrected chi connectivity index (χ4v) is 1.30. The molecule has 15 heavy (non-hydrogen) atoms. The first-order valence-corrected chi connectivity index (χ1v) is 5.66. The molecule has 1 aromatic rings. The van der Waals surface area contributed by atoms with Crippen LogP contribution in [0.2, 0.25) is 0 Å². The van der Waals surface area contributed by atoms with Gasteiger partial charge in [0, 0.05) is 19.3 Å².